The van der Waals surface area contributed by atoms with Crippen LogP contribution in [0.1, 0.15) is 29.0 Å². The van der Waals surface area contributed by atoms with Crippen LogP contribution in [0.3, 0.4) is 0 Å². The molecule has 7 nitrogen and oxygen atoms in total. The third-order valence-electron chi connectivity index (χ3n) is 3.04. The van der Waals surface area contributed by atoms with Crippen molar-refractivity contribution in [1.82, 2.24) is 10.0 Å². The lowest BCUT2D eigenvalue weighted by Crippen LogP contribution is -2.32. The highest BCUT2D eigenvalue weighted by Crippen LogP contribution is 2.24. The molecule has 1 fully saturated rings. The van der Waals surface area contributed by atoms with E-state index in [4.69, 9.17) is 9.25 Å². The second-order valence-electron chi connectivity index (χ2n) is 4.37. The first-order valence-corrected chi connectivity index (χ1v) is 6.00. The van der Waals surface area contributed by atoms with E-state index < -0.39 is 17.8 Å². The minimum absolute atomic E-state index is 0.0484. The number of carbonyl (C=O) groups excluding carboxylic acids is 3. The quantitative estimate of drug-likeness (QED) is 0.768. The van der Waals surface area contributed by atoms with Crippen LogP contribution < -0.4 is 0 Å². The molecule has 20 heavy (non-hydrogen) atoms. The molecule has 0 radical (unpaired) electrons. The topological polar surface area (TPSA) is 89.7 Å². The maximum atomic E-state index is 12.0. The number of rotatable bonds is 2. The maximum absolute atomic E-state index is 12.0. The van der Waals surface area contributed by atoms with Crippen LogP contribution in [0.5, 0.6) is 0 Å². The molecule has 3 rings (SSSR count). The fourth-order valence-electron chi connectivity index (χ4n) is 2.03. The summed E-state index contributed by atoms with van der Waals surface area (Å²) in [4.78, 5) is 43.7. The zero-order valence-electron chi connectivity index (χ0n) is 10.6. The summed E-state index contributed by atoms with van der Waals surface area (Å²) in [5, 5.41) is 0.488. The van der Waals surface area contributed by atoms with Gasteiger partial charge in [-0.3, -0.25) is 14.6 Å². The van der Waals surface area contributed by atoms with Crippen molar-refractivity contribution in [3.05, 3.63) is 29.7 Å². The molecule has 0 N–H and O–H groups in total. The van der Waals surface area contributed by atoms with Crippen LogP contribution in [0, 0.1) is 6.92 Å². The summed E-state index contributed by atoms with van der Waals surface area (Å²) in [6.45, 7) is 1.66. The first kappa shape index (κ1) is 12.3. The number of amides is 2. The number of furan rings is 1. The largest absolute Gasteiger partial charge is 0.447 e. The number of nitrogens with zero attached hydrogens (tertiary/aromatic N) is 2. The number of pyridine rings is 1. The lowest BCUT2D eigenvalue weighted by atomic mass is 10.2. The molecule has 7 heteroatoms. The molecule has 2 amide bonds. The Bertz CT molecular complexity index is 717. The Kier molecular flexibility index (Phi) is 2.74. The van der Waals surface area contributed by atoms with Crippen LogP contribution in [-0.2, 0) is 14.4 Å². The highest BCUT2D eigenvalue weighted by atomic mass is 16.7. The van der Waals surface area contributed by atoms with Crippen LogP contribution >= 0.6 is 0 Å². The van der Waals surface area contributed by atoms with Crippen molar-refractivity contribution in [3.8, 4) is 0 Å². The summed E-state index contributed by atoms with van der Waals surface area (Å²) in [7, 11) is 0. The first-order chi connectivity index (χ1) is 9.58. The van der Waals surface area contributed by atoms with Crippen molar-refractivity contribution in [2.24, 2.45) is 0 Å². The number of carbonyl (C=O) groups is 3. The van der Waals surface area contributed by atoms with E-state index in [1.54, 1.807) is 25.3 Å². The molecule has 0 spiro atoms. The fraction of sp³-hybridized carbons (Fsp3) is 0.231. The molecule has 1 saturated heterocycles. The van der Waals surface area contributed by atoms with Gasteiger partial charge in [0, 0.05) is 24.6 Å². The van der Waals surface area contributed by atoms with Gasteiger partial charge in [-0.05, 0) is 19.1 Å². The second-order valence-corrected chi connectivity index (χ2v) is 4.37. The number of imide groups is 1. The van der Waals surface area contributed by atoms with Gasteiger partial charge in [-0.15, -0.1) is 5.06 Å². The van der Waals surface area contributed by atoms with E-state index >= 15 is 0 Å². The van der Waals surface area contributed by atoms with Gasteiger partial charge in [-0.1, -0.05) is 0 Å². The Morgan fingerprint density at radius 1 is 1.35 bits per heavy atom. The summed E-state index contributed by atoms with van der Waals surface area (Å²) in [5.41, 5.74) is 1.49. The van der Waals surface area contributed by atoms with Gasteiger partial charge in [0.05, 0.1) is 0 Å². The Morgan fingerprint density at radius 3 is 2.70 bits per heavy atom. The number of hydrogen-bond acceptors (Lipinski definition) is 6. The number of hydrogen-bond donors (Lipinski definition) is 0. The van der Waals surface area contributed by atoms with Crippen molar-refractivity contribution in [2.45, 2.75) is 19.8 Å². The fourth-order valence-corrected chi connectivity index (χ4v) is 2.03. The van der Waals surface area contributed by atoms with Gasteiger partial charge >= 0.3 is 5.97 Å². The predicted molar refractivity (Wildman–Crippen MR) is 65.2 cm³/mol. The van der Waals surface area contributed by atoms with Gasteiger partial charge in [0.25, 0.3) is 11.8 Å². The van der Waals surface area contributed by atoms with Gasteiger partial charge < -0.3 is 9.25 Å². The summed E-state index contributed by atoms with van der Waals surface area (Å²) in [6, 6.07) is 3.34. The number of aryl methyl sites for hydroxylation is 1. The summed E-state index contributed by atoms with van der Waals surface area (Å²) >= 11 is 0. The highest BCUT2D eigenvalue weighted by molar-refractivity contribution is 6.03. The molecule has 0 aliphatic carbocycles. The maximum Gasteiger partial charge on any atom is 0.399 e. The molecule has 2 aromatic rings. The zero-order valence-corrected chi connectivity index (χ0v) is 10.6. The zero-order chi connectivity index (χ0) is 14.3. The number of hydroxylamine groups is 2. The van der Waals surface area contributed by atoms with Crippen molar-refractivity contribution >= 4 is 28.9 Å². The van der Waals surface area contributed by atoms with E-state index in [-0.39, 0.29) is 18.6 Å². The van der Waals surface area contributed by atoms with Gasteiger partial charge in [-0.25, -0.2) is 4.79 Å². The van der Waals surface area contributed by atoms with E-state index in [1.165, 1.54) is 0 Å². The van der Waals surface area contributed by atoms with Crippen LogP contribution in [0.15, 0.2) is 22.7 Å². The molecule has 1 aliphatic rings. The Hall–Kier alpha value is -2.70. The molecule has 102 valence electrons. The number of fused-ring (bicyclic) bond motifs is 1. The lowest BCUT2D eigenvalue weighted by Gasteiger charge is -2.11. The molecular formula is C13H10N2O5. The Morgan fingerprint density at radius 2 is 2.05 bits per heavy atom. The van der Waals surface area contributed by atoms with E-state index in [0.29, 0.717) is 21.7 Å². The van der Waals surface area contributed by atoms with E-state index in [1.807, 2.05) is 0 Å². The minimum atomic E-state index is -0.885. The Balaban J connectivity index is 1.91. The SMILES string of the molecule is Cc1c(C(=O)ON2C(=O)CCC2=O)oc2cccnc12. The third kappa shape index (κ3) is 1.83. The second kappa shape index (κ2) is 4.44. The smallest absolute Gasteiger partial charge is 0.399 e. The first-order valence-electron chi connectivity index (χ1n) is 6.00. The van der Waals surface area contributed by atoms with E-state index in [2.05, 4.69) is 4.98 Å². The van der Waals surface area contributed by atoms with Gasteiger partial charge in [-0.2, -0.15) is 0 Å². The average Bonchev–Trinajstić information content (AvgIpc) is 2.94. The van der Waals surface area contributed by atoms with Gasteiger partial charge in [0.15, 0.2) is 5.58 Å². The summed E-state index contributed by atoms with van der Waals surface area (Å²) in [6.07, 6.45) is 1.67. The van der Waals surface area contributed by atoms with Crippen molar-refractivity contribution in [3.63, 3.8) is 0 Å². The van der Waals surface area contributed by atoms with Crippen LogP contribution in [0.4, 0.5) is 0 Å². The monoisotopic (exact) mass is 274 g/mol. The predicted octanol–water partition coefficient (Wildman–Crippen LogP) is 1.36. The molecule has 0 aromatic carbocycles. The molecule has 0 bridgehead atoms. The minimum Gasteiger partial charge on any atom is -0.447 e. The van der Waals surface area contributed by atoms with Crippen LogP contribution in [0.2, 0.25) is 0 Å². The van der Waals surface area contributed by atoms with Crippen molar-refractivity contribution in [1.29, 1.82) is 0 Å². The lowest BCUT2D eigenvalue weighted by molar-refractivity contribution is -0.173. The van der Waals surface area contributed by atoms with Crippen molar-refractivity contribution in [2.75, 3.05) is 0 Å². The van der Waals surface area contributed by atoms with Crippen LogP contribution in [0.25, 0.3) is 11.1 Å². The molecule has 0 unspecified atom stereocenters. The molecule has 0 saturated carbocycles. The molecule has 2 aromatic heterocycles. The average molecular weight is 274 g/mol. The van der Waals surface area contributed by atoms with Crippen LogP contribution in [-0.4, -0.2) is 27.8 Å². The van der Waals surface area contributed by atoms with Gasteiger partial charge in [0.2, 0.25) is 5.76 Å². The van der Waals surface area contributed by atoms with E-state index in [0.717, 1.165) is 0 Å². The van der Waals surface area contributed by atoms with E-state index in [9.17, 15) is 14.4 Å². The highest BCUT2D eigenvalue weighted by Gasteiger charge is 2.34. The summed E-state index contributed by atoms with van der Waals surface area (Å²) in [5.74, 6) is -2.01. The standard InChI is InChI=1S/C13H10N2O5/c1-7-11-8(3-2-6-14-11)19-12(7)13(18)20-15-9(16)4-5-10(15)17/h2-3,6H,4-5H2,1H3. The third-order valence-corrected chi connectivity index (χ3v) is 3.04. The van der Waals surface area contributed by atoms with Gasteiger partial charge in [0.1, 0.15) is 5.52 Å². The summed E-state index contributed by atoms with van der Waals surface area (Å²) < 4.78 is 5.36. The molecule has 0 atom stereocenters. The molecule has 1 aliphatic heterocycles. The normalized spacial score (nSPS) is 15.2. The number of aromatic nitrogens is 1. The Labute approximate surface area is 113 Å². The van der Waals surface area contributed by atoms with Crippen molar-refractivity contribution < 1.29 is 23.6 Å². The molecule has 3 heterocycles. The molecular weight excluding hydrogens is 264 g/mol.